The first-order valence-corrected chi connectivity index (χ1v) is 7.60. The number of benzene rings is 1. The van der Waals surface area contributed by atoms with E-state index < -0.39 is 0 Å². The van der Waals surface area contributed by atoms with Crippen molar-refractivity contribution in [1.82, 2.24) is 9.55 Å². The smallest absolute Gasteiger partial charge is 0.207 e. The quantitative estimate of drug-likeness (QED) is 0.613. The Morgan fingerprint density at radius 3 is 2.62 bits per heavy atom. The molecule has 0 saturated heterocycles. The number of ether oxygens (including phenoxy) is 1. The summed E-state index contributed by atoms with van der Waals surface area (Å²) in [5, 5.41) is 4.66. The number of hydrogen-bond donors (Lipinski definition) is 1. The molecule has 1 heterocycles. The number of rotatable bonds is 6. The number of methoxy groups -OCH3 is 1. The van der Waals surface area contributed by atoms with Gasteiger partial charge in [-0.3, -0.25) is 4.57 Å². The zero-order valence-corrected chi connectivity index (χ0v) is 14.1. The lowest BCUT2D eigenvalue weighted by atomic mass is 10.3. The summed E-state index contributed by atoms with van der Waals surface area (Å²) < 4.78 is 6.90. The molecule has 1 aromatic heterocycles. The van der Waals surface area contributed by atoms with E-state index in [9.17, 15) is 0 Å². The predicted octanol–water partition coefficient (Wildman–Crippen LogP) is 4.59. The van der Waals surface area contributed by atoms with Crippen LogP contribution in [-0.4, -0.2) is 29.8 Å². The normalized spacial score (nSPS) is 10.9. The van der Waals surface area contributed by atoms with Crippen LogP contribution in [0.3, 0.4) is 0 Å². The lowest BCUT2D eigenvalue weighted by Crippen LogP contribution is -2.09. The third-order valence-electron chi connectivity index (χ3n) is 2.88. The van der Waals surface area contributed by atoms with Gasteiger partial charge in [-0.25, -0.2) is 4.98 Å². The van der Waals surface area contributed by atoms with E-state index in [4.69, 9.17) is 39.5 Å². The average molecular weight is 349 g/mol. The Labute approximate surface area is 139 Å². The molecule has 0 saturated carbocycles. The molecule has 0 amide bonds. The van der Waals surface area contributed by atoms with Gasteiger partial charge in [0.2, 0.25) is 5.95 Å². The highest BCUT2D eigenvalue weighted by Gasteiger charge is 2.12. The van der Waals surface area contributed by atoms with Gasteiger partial charge in [0.1, 0.15) is 0 Å². The highest BCUT2D eigenvalue weighted by molar-refractivity contribution is 6.43. The van der Waals surface area contributed by atoms with Gasteiger partial charge in [-0.1, -0.05) is 34.8 Å². The van der Waals surface area contributed by atoms with Crippen molar-refractivity contribution in [2.75, 3.05) is 25.6 Å². The van der Waals surface area contributed by atoms with E-state index in [0.29, 0.717) is 27.6 Å². The number of aromatic nitrogens is 2. The van der Waals surface area contributed by atoms with Crippen LogP contribution in [-0.2, 0) is 4.74 Å². The third kappa shape index (κ3) is 4.04. The van der Waals surface area contributed by atoms with Crippen LogP contribution < -0.4 is 5.32 Å². The SMILES string of the molecule is COCCCNc1nc(C)cn1-c1cc(Cl)c(Cl)cc1Cl. The first kappa shape index (κ1) is 16.4. The van der Waals surface area contributed by atoms with E-state index in [-0.39, 0.29) is 0 Å². The van der Waals surface area contributed by atoms with Crippen molar-refractivity contribution in [3.05, 3.63) is 39.1 Å². The molecule has 0 aliphatic heterocycles. The van der Waals surface area contributed by atoms with E-state index in [2.05, 4.69) is 10.3 Å². The minimum absolute atomic E-state index is 0.428. The van der Waals surface area contributed by atoms with E-state index in [1.807, 2.05) is 17.7 Å². The fourth-order valence-electron chi connectivity index (χ4n) is 1.92. The molecule has 0 fully saturated rings. The van der Waals surface area contributed by atoms with E-state index in [0.717, 1.165) is 24.3 Å². The minimum Gasteiger partial charge on any atom is -0.385 e. The van der Waals surface area contributed by atoms with E-state index in [1.54, 1.807) is 19.2 Å². The number of imidazole rings is 1. The van der Waals surface area contributed by atoms with Crippen molar-refractivity contribution in [2.45, 2.75) is 13.3 Å². The summed E-state index contributed by atoms with van der Waals surface area (Å²) in [5.74, 6) is 0.712. The summed E-state index contributed by atoms with van der Waals surface area (Å²) in [5.41, 5.74) is 1.62. The molecular weight excluding hydrogens is 333 g/mol. The lowest BCUT2D eigenvalue weighted by molar-refractivity contribution is 0.197. The predicted molar refractivity (Wildman–Crippen MR) is 88.3 cm³/mol. The fourth-order valence-corrected chi connectivity index (χ4v) is 2.55. The van der Waals surface area contributed by atoms with Crippen LogP contribution in [0.1, 0.15) is 12.1 Å². The summed E-state index contributed by atoms with van der Waals surface area (Å²) in [6, 6.07) is 3.36. The third-order valence-corrected chi connectivity index (χ3v) is 3.91. The van der Waals surface area contributed by atoms with Gasteiger partial charge in [0.25, 0.3) is 0 Å². The molecule has 2 aromatic rings. The van der Waals surface area contributed by atoms with Gasteiger partial charge in [-0.2, -0.15) is 0 Å². The molecule has 0 bridgehead atoms. The number of nitrogens with zero attached hydrogens (tertiary/aromatic N) is 2. The molecule has 0 unspecified atom stereocenters. The molecule has 21 heavy (non-hydrogen) atoms. The van der Waals surface area contributed by atoms with E-state index >= 15 is 0 Å². The number of nitrogens with one attached hydrogen (secondary N) is 1. The number of halogens is 3. The Balaban J connectivity index is 2.29. The molecule has 0 aliphatic carbocycles. The van der Waals surface area contributed by atoms with Crippen LogP contribution in [0.5, 0.6) is 0 Å². The van der Waals surface area contributed by atoms with Crippen LogP contribution in [0.4, 0.5) is 5.95 Å². The Bertz CT molecular complexity index is 628. The second-order valence-electron chi connectivity index (χ2n) is 4.57. The first-order chi connectivity index (χ1) is 10.0. The van der Waals surface area contributed by atoms with Crippen LogP contribution in [0.25, 0.3) is 5.69 Å². The average Bonchev–Trinajstić information content (AvgIpc) is 2.80. The summed E-state index contributed by atoms with van der Waals surface area (Å²) in [4.78, 5) is 4.45. The monoisotopic (exact) mass is 347 g/mol. The highest BCUT2D eigenvalue weighted by Crippen LogP contribution is 2.32. The fraction of sp³-hybridized carbons (Fsp3) is 0.357. The lowest BCUT2D eigenvalue weighted by Gasteiger charge is -2.12. The maximum absolute atomic E-state index is 6.26. The van der Waals surface area contributed by atoms with Gasteiger partial charge in [-0.05, 0) is 25.5 Å². The Morgan fingerprint density at radius 1 is 1.19 bits per heavy atom. The molecule has 1 N–H and O–H groups in total. The van der Waals surface area contributed by atoms with Gasteiger partial charge in [-0.15, -0.1) is 0 Å². The molecule has 0 radical (unpaired) electrons. The maximum Gasteiger partial charge on any atom is 0.207 e. The van der Waals surface area contributed by atoms with Crippen molar-refractivity contribution >= 4 is 40.8 Å². The molecule has 0 spiro atoms. The molecule has 1 aromatic carbocycles. The van der Waals surface area contributed by atoms with Gasteiger partial charge < -0.3 is 10.1 Å². The van der Waals surface area contributed by atoms with Crippen LogP contribution >= 0.6 is 34.8 Å². The summed E-state index contributed by atoms with van der Waals surface area (Å²) in [6.07, 6.45) is 2.78. The molecular formula is C14H16Cl3N3O. The summed E-state index contributed by atoms with van der Waals surface area (Å²) in [7, 11) is 1.68. The molecule has 114 valence electrons. The Hall–Kier alpha value is -0.940. The van der Waals surface area contributed by atoms with Gasteiger partial charge >= 0.3 is 0 Å². The second-order valence-corrected chi connectivity index (χ2v) is 5.79. The number of hydrogen-bond acceptors (Lipinski definition) is 3. The Kier molecular flexibility index (Phi) is 5.76. The van der Waals surface area contributed by atoms with Gasteiger partial charge in [0.15, 0.2) is 0 Å². The highest BCUT2D eigenvalue weighted by atomic mass is 35.5. The van der Waals surface area contributed by atoms with Gasteiger partial charge in [0.05, 0.1) is 26.4 Å². The molecule has 7 heteroatoms. The van der Waals surface area contributed by atoms with Crippen LogP contribution in [0.15, 0.2) is 18.3 Å². The minimum atomic E-state index is 0.428. The zero-order chi connectivity index (χ0) is 15.4. The standard InChI is InChI=1S/C14H16Cl3N3O/c1-9-8-20(14(19-9)18-4-3-5-21-2)13-7-11(16)10(15)6-12(13)17/h6-8H,3-5H2,1-2H3,(H,18,19). The first-order valence-electron chi connectivity index (χ1n) is 6.46. The molecule has 4 nitrogen and oxygen atoms in total. The van der Waals surface area contributed by atoms with Crippen molar-refractivity contribution in [2.24, 2.45) is 0 Å². The topological polar surface area (TPSA) is 39.1 Å². The number of anilines is 1. The molecule has 0 atom stereocenters. The summed E-state index contributed by atoms with van der Waals surface area (Å²) >= 11 is 18.3. The molecule has 2 rings (SSSR count). The van der Waals surface area contributed by atoms with E-state index in [1.165, 1.54) is 0 Å². The zero-order valence-electron chi connectivity index (χ0n) is 11.8. The summed E-state index contributed by atoms with van der Waals surface area (Å²) in [6.45, 7) is 3.37. The molecule has 0 aliphatic rings. The largest absolute Gasteiger partial charge is 0.385 e. The van der Waals surface area contributed by atoms with Crippen molar-refractivity contribution in [1.29, 1.82) is 0 Å². The second kappa shape index (κ2) is 7.36. The van der Waals surface area contributed by atoms with Crippen molar-refractivity contribution < 1.29 is 4.74 Å². The van der Waals surface area contributed by atoms with Gasteiger partial charge in [0, 0.05) is 26.5 Å². The van der Waals surface area contributed by atoms with Crippen molar-refractivity contribution in [3.63, 3.8) is 0 Å². The van der Waals surface area contributed by atoms with Crippen LogP contribution in [0.2, 0.25) is 15.1 Å². The maximum atomic E-state index is 6.26. The van der Waals surface area contributed by atoms with Crippen molar-refractivity contribution in [3.8, 4) is 5.69 Å². The number of aryl methyl sites for hydroxylation is 1. The van der Waals surface area contributed by atoms with Crippen LogP contribution in [0, 0.1) is 6.92 Å². The Morgan fingerprint density at radius 2 is 1.90 bits per heavy atom.